The highest BCUT2D eigenvalue weighted by atomic mass is 35.5. The van der Waals surface area contributed by atoms with Gasteiger partial charge in [-0.3, -0.25) is 4.72 Å². The molecular formula is C16H13ClF3NO4S. The highest BCUT2D eigenvalue weighted by Crippen LogP contribution is 2.37. The van der Waals surface area contributed by atoms with Crippen LogP contribution in [0.15, 0.2) is 41.3 Å². The van der Waals surface area contributed by atoms with Gasteiger partial charge in [0.25, 0.3) is 10.0 Å². The van der Waals surface area contributed by atoms with Crippen LogP contribution in [-0.4, -0.2) is 21.6 Å². The zero-order chi connectivity index (χ0) is 18.9. The van der Waals surface area contributed by atoms with Gasteiger partial charge >= 0.3 is 6.18 Å². The third-order valence-electron chi connectivity index (χ3n) is 3.55. The van der Waals surface area contributed by atoms with E-state index in [1.54, 1.807) is 0 Å². The maximum atomic E-state index is 12.9. The molecule has 140 valence electrons. The zero-order valence-corrected chi connectivity index (χ0v) is 14.7. The lowest BCUT2D eigenvalue weighted by Gasteiger charge is -2.14. The number of benzene rings is 2. The minimum atomic E-state index is -4.77. The molecule has 0 aromatic heterocycles. The molecule has 2 aromatic rings. The normalized spacial score (nSPS) is 14.6. The summed E-state index contributed by atoms with van der Waals surface area (Å²) >= 11 is 5.52. The van der Waals surface area contributed by atoms with E-state index in [1.807, 2.05) is 0 Å². The van der Waals surface area contributed by atoms with Crippen molar-refractivity contribution in [1.82, 2.24) is 0 Å². The maximum absolute atomic E-state index is 12.9. The van der Waals surface area contributed by atoms with Gasteiger partial charge in [0, 0.05) is 12.5 Å². The van der Waals surface area contributed by atoms with Crippen LogP contribution in [0.4, 0.5) is 18.9 Å². The Morgan fingerprint density at radius 3 is 2.38 bits per heavy atom. The van der Waals surface area contributed by atoms with Crippen LogP contribution >= 0.6 is 11.6 Å². The number of anilines is 1. The molecule has 0 saturated heterocycles. The van der Waals surface area contributed by atoms with E-state index in [4.69, 9.17) is 21.1 Å². The fraction of sp³-hybridized carbons (Fsp3) is 0.250. The molecule has 0 aliphatic carbocycles. The molecule has 3 rings (SSSR count). The highest BCUT2D eigenvalue weighted by Gasteiger charge is 2.34. The van der Waals surface area contributed by atoms with Gasteiger partial charge in [0.05, 0.1) is 34.4 Å². The second-order valence-corrected chi connectivity index (χ2v) is 7.55. The number of halogens is 4. The van der Waals surface area contributed by atoms with Crippen LogP contribution in [-0.2, 0) is 16.2 Å². The number of alkyl halides is 3. The first-order chi connectivity index (χ1) is 12.2. The average Bonchev–Trinajstić information content (AvgIpc) is 2.78. The predicted molar refractivity (Wildman–Crippen MR) is 89.3 cm³/mol. The van der Waals surface area contributed by atoms with Crippen molar-refractivity contribution >= 4 is 27.3 Å². The molecule has 0 amide bonds. The molecule has 10 heteroatoms. The SMILES string of the molecule is O=S(=O)(Nc1ccc2c(c1)OCCCO2)c1ccc(Cl)c(C(F)(F)F)c1. The number of hydrogen-bond acceptors (Lipinski definition) is 4. The summed E-state index contributed by atoms with van der Waals surface area (Å²) in [6, 6.07) is 6.77. The summed E-state index contributed by atoms with van der Waals surface area (Å²) in [7, 11) is -4.25. The van der Waals surface area contributed by atoms with Crippen LogP contribution in [0, 0.1) is 0 Å². The van der Waals surface area contributed by atoms with Crippen LogP contribution in [0.3, 0.4) is 0 Å². The van der Waals surface area contributed by atoms with Crippen molar-refractivity contribution in [1.29, 1.82) is 0 Å². The van der Waals surface area contributed by atoms with E-state index in [0.717, 1.165) is 12.1 Å². The van der Waals surface area contributed by atoms with Crippen LogP contribution in [0.25, 0.3) is 0 Å². The summed E-state index contributed by atoms with van der Waals surface area (Å²) in [6.45, 7) is 0.887. The van der Waals surface area contributed by atoms with Gasteiger partial charge in [-0.1, -0.05) is 11.6 Å². The summed E-state index contributed by atoms with van der Waals surface area (Å²) in [5.74, 6) is 0.825. The van der Waals surface area contributed by atoms with Crippen molar-refractivity contribution in [3.8, 4) is 11.5 Å². The predicted octanol–water partition coefficient (Wildman–Crippen LogP) is 4.32. The lowest BCUT2D eigenvalue weighted by molar-refractivity contribution is -0.137. The Kier molecular flexibility index (Phi) is 4.94. The monoisotopic (exact) mass is 407 g/mol. The van der Waals surface area contributed by atoms with Crippen molar-refractivity contribution in [3.63, 3.8) is 0 Å². The zero-order valence-electron chi connectivity index (χ0n) is 13.1. The number of hydrogen-bond donors (Lipinski definition) is 1. The van der Waals surface area contributed by atoms with Crippen LogP contribution < -0.4 is 14.2 Å². The molecule has 1 aliphatic rings. The Hall–Kier alpha value is -2.13. The summed E-state index contributed by atoms with van der Waals surface area (Å²) in [4.78, 5) is -0.554. The molecule has 0 fully saturated rings. The minimum absolute atomic E-state index is 0.137. The van der Waals surface area contributed by atoms with E-state index in [2.05, 4.69) is 4.72 Å². The molecule has 26 heavy (non-hydrogen) atoms. The smallest absolute Gasteiger partial charge is 0.417 e. The number of ether oxygens (including phenoxy) is 2. The fourth-order valence-corrected chi connectivity index (χ4v) is 3.63. The number of nitrogens with one attached hydrogen (secondary N) is 1. The molecule has 0 spiro atoms. The van der Waals surface area contributed by atoms with Crippen LogP contribution in [0.1, 0.15) is 12.0 Å². The van der Waals surface area contributed by atoms with E-state index in [9.17, 15) is 21.6 Å². The summed E-state index contributed by atoms with van der Waals surface area (Å²) in [5, 5.41) is -0.577. The van der Waals surface area contributed by atoms with Gasteiger partial charge in [-0.15, -0.1) is 0 Å². The molecule has 2 aromatic carbocycles. The van der Waals surface area contributed by atoms with Gasteiger partial charge in [-0.25, -0.2) is 8.42 Å². The molecule has 0 unspecified atom stereocenters. The standard InChI is InChI=1S/C16H13ClF3NO4S/c17-13-4-3-11(9-12(13)16(18,19)20)26(22,23)21-10-2-5-14-15(8-10)25-7-1-6-24-14/h2-5,8-9,21H,1,6-7H2. The Morgan fingerprint density at radius 2 is 1.69 bits per heavy atom. The van der Waals surface area contributed by atoms with E-state index in [-0.39, 0.29) is 5.69 Å². The molecule has 0 atom stereocenters. The molecule has 1 heterocycles. The number of fused-ring (bicyclic) bond motifs is 1. The Morgan fingerprint density at radius 1 is 1.00 bits per heavy atom. The number of rotatable bonds is 3. The van der Waals surface area contributed by atoms with Gasteiger partial charge in [0.15, 0.2) is 11.5 Å². The van der Waals surface area contributed by atoms with Gasteiger partial charge in [-0.2, -0.15) is 13.2 Å². The molecule has 1 aliphatic heterocycles. The third kappa shape index (κ3) is 3.99. The fourth-order valence-electron chi connectivity index (χ4n) is 2.33. The largest absolute Gasteiger partial charge is 0.490 e. The summed E-state index contributed by atoms with van der Waals surface area (Å²) in [6.07, 6.45) is -4.08. The topological polar surface area (TPSA) is 64.6 Å². The van der Waals surface area contributed by atoms with E-state index in [1.165, 1.54) is 18.2 Å². The van der Waals surface area contributed by atoms with Crippen molar-refractivity contribution in [3.05, 3.63) is 47.0 Å². The van der Waals surface area contributed by atoms with Crippen molar-refractivity contribution < 1.29 is 31.1 Å². The van der Waals surface area contributed by atoms with Gasteiger partial charge in [-0.05, 0) is 30.3 Å². The van der Waals surface area contributed by atoms with Gasteiger partial charge < -0.3 is 9.47 Å². The van der Waals surface area contributed by atoms with E-state index in [0.29, 0.717) is 37.2 Å². The van der Waals surface area contributed by atoms with Crippen molar-refractivity contribution in [2.75, 3.05) is 17.9 Å². The second-order valence-electron chi connectivity index (χ2n) is 5.46. The quantitative estimate of drug-likeness (QED) is 0.823. The Bertz CT molecular complexity index is 932. The van der Waals surface area contributed by atoms with Crippen molar-refractivity contribution in [2.24, 2.45) is 0 Å². The first-order valence-electron chi connectivity index (χ1n) is 7.46. The molecular weight excluding hydrogens is 395 g/mol. The summed E-state index contributed by atoms with van der Waals surface area (Å²) < 4.78 is 76.8. The van der Waals surface area contributed by atoms with Crippen LogP contribution in [0.2, 0.25) is 5.02 Å². The second kappa shape index (κ2) is 6.88. The van der Waals surface area contributed by atoms with Crippen molar-refractivity contribution in [2.45, 2.75) is 17.5 Å². The average molecular weight is 408 g/mol. The van der Waals surface area contributed by atoms with Crippen LogP contribution in [0.5, 0.6) is 11.5 Å². The highest BCUT2D eigenvalue weighted by molar-refractivity contribution is 7.92. The first-order valence-corrected chi connectivity index (χ1v) is 9.32. The third-order valence-corrected chi connectivity index (χ3v) is 5.26. The molecule has 1 N–H and O–H groups in total. The van der Waals surface area contributed by atoms with E-state index < -0.39 is 31.7 Å². The van der Waals surface area contributed by atoms with Gasteiger partial charge in [0.1, 0.15) is 0 Å². The lowest BCUT2D eigenvalue weighted by atomic mass is 10.2. The van der Waals surface area contributed by atoms with E-state index >= 15 is 0 Å². The van der Waals surface area contributed by atoms with Gasteiger partial charge in [0.2, 0.25) is 0 Å². The molecule has 0 saturated carbocycles. The first kappa shape index (κ1) is 18.7. The lowest BCUT2D eigenvalue weighted by Crippen LogP contribution is -2.15. The number of sulfonamides is 1. The summed E-state index contributed by atoms with van der Waals surface area (Å²) in [5.41, 5.74) is -1.08. The Labute approximate surface area is 152 Å². The molecule has 5 nitrogen and oxygen atoms in total. The Balaban J connectivity index is 1.91. The molecule has 0 bridgehead atoms. The maximum Gasteiger partial charge on any atom is 0.417 e. The minimum Gasteiger partial charge on any atom is -0.490 e. The molecule has 0 radical (unpaired) electrons.